The Morgan fingerprint density at radius 1 is 1.04 bits per heavy atom. The SMILES string of the molecule is C[C@@H]([NH2+][C@@H](C(=O)NC(N)=O)c1ccccc1)c1ccc(Cl)cc1. The van der Waals surface area contributed by atoms with Crippen LogP contribution >= 0.6 is 11.6 Å². The van der Waals surface area contributed by atoms with Crippen LogP contribution in [0.4, 0.5) is 4.79 Å². The van der Waals surface area contributed by atoms with Crippen LogP contribution in [-0.4, -0.2) is 11.9 Å². The van der Waals surface area contributed by atoms with E-state index in [9.17, 15) is 9.59 Å². The van der Waals surface area contributed by atoms with Gasteiger partial charge in [-0.05, 0) is 19.1 Å². The average molecular weight is 333 g/mol. The second-order valence-electron chi connectivity index (χ2n) is 5.27. The third-order valence-electron chi connectivity index (χ3n) is 3.56. The summed E-state index contributed by atoms with van der Waals surface area (Å²) in [6.45, 7) is 1.98. The molecule has 2 atom stereocenters. The van der Waals surface area contributed by atoms with Crippen molar-refractivity contribution >= 4 is 23.5 Å². The van der Waals surface area contributed by atoms with Gasteiger partial charge in [-0.25, -0.2) is 4.79 Å². The molecule has 23 heavy (non-hydrogen) atoms. The van der Waals surface area contributed by atoms with Crippen molar-refractivity contribution in [2.24, 2.45) is 5.73 Å². The number of quaternary nitrogens is 1. The number of carbonyl (C=O) groups is 2. The number of nitrogens with two attached hydrogens (primary N) is 2. The summed E-state index contributed by atoms with van der Waals surface area (Å²) < 4.78 is 0. The zero-order chi connectivity index (χ0) is 16.8. The van der Waals surface area contributed by atoms with Gasteiger partial charge in [-0.15, -0.1) is 0 Å². The van der Waals surface area contributed by atoms with Crippen molar-refractivity contribution in [2.45, 2.75) is 19.0 Å². The van der Waals surface area contributed by atoms with Gasteiger partial charge in [0.25, 0.3) is 5.91 Å². The summed E-state index contributed by atoms with van der Waals surface area (Å²) >= 11 is 5.90. The highest BCUT2D eigenvalue weighted by Gasteiger charge is 2.27. The topological polar surface area (TPSA) is 88.8 Å². The minimum Gasteiger partial charge on any atom is -0.351 e. The van der Waals surface area contributed by atoms with Crippen molar-refractivity contribution in [3.8, 4) is 0 Å². The van der Waals surface area contributed by atoms with E-state index in [2.05, 4.69) is 5.32 Å². The van der Waals surface area contributed by atoms with Crippen LogP contribution < -0.4 is 16.4 Å². The first-order chi connectivity index (χ1) is 11.0. The maximum Gasteiger partial charge on any atom is 0.319 e. The van der Waals surface area contributed by atoms with E-state index in [0.717, 1.165) is 11.1 Å². The molecular weight excluding hydrogens is 314 g/mol. The molecule has 0 aromatic heterocycles. The quantitative estimate of drug-likeness (QED) is 0.780. The van der Waals surface area contributed by atoms with Crippen molar-refractivity contribution < 1.29 is 14.9 Å². The summed E-state index contributed by atoms with van der Waals surface area (Å²) in [5.41, 5.74) is 6.90. The van der Waals surface area contributed by atoms with Crippen LogP contribution in [0.1, 0.15) is 30.1 Å². The van der Waals surface area contributed by atoms with Crippen LogP contribution in [-0.2, 0) is 4.79 Å². The molecule has 0 spiro atoms. The molecule has 5 N–H and O–H groups in total. The molecule has 0 unspecified atom stereocenters. The molecule has 120 valence electrons. The summed E-state index contributed by atoms with van der Waals surface area (Å²) in [6.07, 6.45) is 0. The van der Waals surface area contributed by atoms with Gasteiger partial charge in [0.05, 0.1) is 0 Å². The average Bonchev–Trinajstić information content (AvgIpc) is 2.53. The predicted octanol–water partition coefficient (Wildman–Crippen LogP) is 1.90. The summed E-state index contributed by atoms with van der Waals surface area (Å²) in [6, 6.07) is 15.3. The molecule has 0 aliphatic heterocycles. The Kier molecular flexibility index (Phi) is 5.73. The minimum atomic E-state index is -0.858. The third kappa shape index (κ3) is 4.81. The van der Waals surface area contributed by atoms with Gasteiger partial charge in [-0.2, -0.15) is 0 Å². The van der Waals surface area contributed by atoms with Crippen LogP contribution in [0.2, 0.25) is 5.02 Å². The largest absolute Gasteiger partial charge is 0.351 e. The Morgan fingerprint density at radius 3 is 2.22 bits per heavy atom. The molecule has 0 aliphatic carbocycles. The number of hydrogen-bond acceptors (Lipinski definition) is 2. The lowest BCUT2D eigenvalue weighted by Crippen LogP contribution is -2.88. The highest BCUT2D eigenvalue weighted by atomic mass is 35.5. The van der Waals surface area contributed by atoms with Crippen molar-refractivity contribution in [1.82, 2.24) is 5.32 Å². The van der Waals surface area contributed by atoms with Crippen molar-refractivity contribution in [1.29, 1.82) is 0 Å². The van der Waals surface area contributed by atoms with E-state index in [0.29, 0.717) is 5.02 Å². The number of amides is 3. The Hall–Kier alpha value is -2.37. The van der Waals surface area contributed by atoms with Gasteiger partial charge in [-0.1, -0.05) is 54.1 Å². The monoisotopic (exact) mass is 332 g/mol. The maximum absolute atomic E-state index is 12.3. The van der Waals surface area contributed by atoms with Gasteiger partial charge in [0, 0.05) is 16.1 Å². The van der Waals surface area contributed by atoms with E-state index >= 15 is 0 Å². The summed E-state index contributed by atoms with van der Waals surface area (Å²) in [5.74, 6) is -0.440. The van der Waals surface area contributed by atoms with Crippen molar-refractivity contribution in [2.75, 3.05) is 0 Å². The van der Waals surface area contributed by atoms with Gasteiger partial charge in [0.1, 0.15) is 6.04 Å². The Labute approximate surface area is 139 Å². The Bertz CT molecular complexity index is 674. The molecule has 2 aromatic carbocycles. The molecule has 3 amide bonds. The van der Waals surface area contributed by atoms with Gasteiger partial charge >= 0.3 is 6.03 Å². The van der Waals surface area contributed by atoms with Crippen LogP contribution in [0, 0.1) is 0 Å². The molecule has 0 heterocycles. The lowest BCUT2D eigenvalue weighted by atomic mass is 10.0. The zero-order valence-electron chi connectivity index (χ0n) is 12.7. The van der Waals surface area contributed by atoms with Crippen LogP contribution in [0.3, 0.4) is 0 Å². The molecule has 0 radical (unpaired) electrons. The van der Waals surface area contributed by atoms with E-state index in [1.807, 2.05) is 66.8 Å². The molecule has 0 aliphatic rings. The smallest absolute Gasteiger partial charge is 0.319 e. The Morgan fingerprint density at radius 2 is 1.65 bits per heavy atom. The predicted molar refractivity (Wildman–Crippen MR) is 88.7 cm³/mol. The van der Waals surface area contributed by atoms with E-state index in [-0.39, 0.29) is 6.04 Å². The molecule has 6 heteroatoms. The second-order valence-corrected chi connectivity index (χ2v) is 5.71. The van der Waals surface area contributed by atoms with E-state index < -0.39 is 18.0 Å². The fraction of sp³-hybridized carbons (Fsp3) is 0.176. The molecule has 5 nitrogen and oxygen atoms in total. The first-order valence-electron chi connectivity index (χ1n) is 7.23. The summed E-state index contributed by atoms with van der Waals surface area (Å²) in [4.78, 5) is 23.3. The van der Waals surface area contributed by atoms with Crippen LogP contribution in [0.25, 0.3) is 0 Å². The van der Waals surface area contributed by atoms with E-state index in [1.54, 1.807) is 0 Å². The van der Waals surface area contributed by atoms with Gasteiger partial charge in [0.2, 0.25) is 0 Å². The zero-order valence-corrected chi connectivity index (χ0v) is 13.5. The second kappa shape index (κ2) is 7.76. The van der Waals surface area contributed by atoms with Gasteiger partial charge < -0.3 is 11.1 Å². The van der Waals surface area contributed by atoms with Gasteiger partial charge in [-0.3, -0.25) is 10.1 Å². The number of urea groups is 1. The highest BCUT2D eigenvalue weighted by Crippen LogP contribution is 2.16. The number of benzene rings is 2. The number of nitrogens with one attached hydrogen (secondary N) is 1. The van der Waals surface area contributed by atoms with E-state index in [1.165, 1.54) is 0 Å². The lowest BCUT2D eigenvalue weighted by Gasteiger charge is -2.19. The number of halogens is 1. The highest BCUT2D eigenvalue weighted by molar-refractivity contribution is 6.30. The summed E-state index contributed by atoms with van der Waals surface area (Å²) in [5, 5.41) is 4.70. The molecule has 0 bridgehead atoms. The van der Waals surface area contributed by atoms with Crippen molar-refractivity contribution in [3.63, 3.8) is 0 Å². The third-order valence-corrected chi connectivity index (χ3v) is 3.82. The van der Waals surface area contributed by atoms with Crippen LogP contribution in [0.5, 0.6) is 0 Å². The first kappa shape index (κ1) is 17.0. The number of hydrogen-bond donors (Lipinski definition) is 3. The maximum atomic E-state index is 12.3. The lowest BCUT2D eigenvalue weighted by molar-refractivity contribution is -0.719. The molecule has 0 fully saturated rings. The molecular formula is C17H19ClN3O2+. The first-order valence-corrected chi connectivity index (χ1v) is 7.61. The van der Waals surface area contributed by atoms with E-state index in [4.69, 9.17) is 17.3 Å². The van der Waals surface area contributed by atoms with Crippen molar-refractivity contribution in [3.05, 3.63) is 70.7 Å². The fourth-order valence-corrected chi connectivity index (χ4v) is 2.50. The normalized spacial score (nSPS) is 13.1. The molecule has 0 saturated heterocycles. The molecule has 0 saturated carbocycles. The number of carbonyl (C=O) groups excluding carboxylic acids is 2. The molecule has 2 rings (SSSR count). The number of rotatable bonds is 5. The Balaban J connectivity index is 2.21. The molecule has 2 aromatic rings. The number of primary amides is 1. The minimum absolute atomic E-state index is 0.00361. The standard InChI is InChI=1S/C17H18ClN3O2/c1-11(12-7-9-14(18)10-8-12)20-15(16(22)21-17(19)23)13-5-3-2-4-6-13/h2-11,15,20H,1H3,(H3,19,21,22,23)/p+1/t11-,15-/m1/s1. The van der Waals surface area contributed by atoms with Gasteiger partial charge in [0.15, 0.2) is 6.04 Å². The van der Waals surface area contributed by atoms with Crippen LogP contribution in [0.15, 0.2) is 54.6 Å². The fourth-order valence-electron chi connectivity index (χ4n) is 2.38. The summed E-state index contributed by atoms with van der Waals surface area (Å²) in [7, 11) is 0. The number of imide groups is 1.